The number of benzene rings is 2. The van der Waals surface area contributed by atoms with Crippen LogP contribution in [0.25, 0.3) is 32.9 Å². The van der Waals surface area contributed by atoms with E-state index in [9.17, 15) is 13.9 Å². The van der Waals surface area contributed by atoms with Crippen molar-refractivity contribution >= 4 is 27.5 Å². The van der Waals surface area contributed by atoms with Crippen molar-refractivity contribution in [1.82, 2.24) is 25.2 Å². The van der Waals surface area contributed by atoms with E-state index in [4.69, 9.17) is 16.1 Å². The van der Waals surface area contributed by atoms with Crippen molar-refractivity contribution in [3.8, 4) is 35.4 Å². The van der Waals surface area contributed by atoms with Crippen molar-refractivity contribution in [2.24, 2.45) is 0 Å². The third kappa shape index (κ3) is 4.11. The Kier molecular flexibility index (Phi) is 5.97. The normalized spacial score (nSPS) is 26.5. The summed E-state index contributed by atoms with van der Waals surface area (Å²) in [7, 11) is 0. The summed E-state index contributed by atoms with van der Waals surface area (Å²) in [5.41, 5.74) is -0.467. The monoisotopic (exact) mass is 586 g/mol. The Hall–Kier alpha value is -4.14. The molecule has 0 saturated carbocycles. The molecular formula is C32H29F3N6O2. The number of pyridine rings is 1. The standard InChI is InChI=1S/C32H29F3N6O2/c1-2-22-25(34)5-4-17-8-21(42)10-23(26(17)22)28-27(35)29-24(13-37-28)30(41-15-19-9-20(41)12-36-19)39-31(38-29)43-16-32-6-3-7-40(32)14-18(33)11-32/h1,4-5,8,10,13,18-20,36,42H,3,6-7,9,11-12,14-16H2/t18-,19+,20+,32+/m1/s1. The zero-order valence-corrected chi connectivity index (χ0v) is 23.3. The van der Waals surface area contributed by atoms with E-state index in [2.05, 4.69) is 31.0 Å². The van der Waals surface area contributed by atoms with Gasteiger partial charge in [0.15, 0.2) is 5.82 Å². The van der Waals surface area contributed by atoms with Gasteiger partial charge in [-0.3, -0.25) is 9.88 Å². The number of piperazine rings is 1. The number of phenolic OH excluding ortho intramolecular Hbond substituents is 1. The molecule has 8 rings (SSSR count). The molecule has 4 aliphatic heterocycles. The van der Waals surface area contributed by atoms with Crippen molar-refractivity contribution in [3.05, 3.63) is 47.7 Å². The minimum absolute atomic E-state index is 0.00791. The van der Waals surface area contributed by atoms with Crippen molar-refractivity contribution in [2.75, 3.05) is 37.7 Å². The Labute approximate surface area is 245 Å². The van der Waals surface area contributed by atoms with Gasteiger partial charge in [0.25, 0.3) is 0 Å². The fraction of sp³-hybridized carbons (Fsp3) is 0.406. The largest absolute Gasteiger partial charge is 0.508 e. The van der Waals surface area contributed by atoms with E-state index in [1.807, 2.05) is 0 Å². The molecule has 6 heterocycles. The number of halogens is 3. The van der Waals surface area contributed by atoms with Gasteiger partial charge >= 0.3 is 6.01 Å². The highest BCUT2D eigenvalue weighted by Gasteiger charge is 2.49. The number of alkyl halides is 1. The molecule has 11 heteroatoms. The lowest BCUT2D eigenvalue weighted by atomic mass is 9.95. The van der Waals surface area contributed by atoms with E-state index < -0.39 is 23.3 Å². The summed E-state index contributed by atoms with van der Waals surface area (Å²) in [5, 5.41) is 15.1. The van der Waals surface area contributed by atoms with Gasteiger partial charge in [-0.05, 0) is 49.4 Å². The van der Waals surface area contributed by atoms with Gasteiger partial charge in [-0.2, -0.15) is 9.97 Å². The van der Waals surface area contributed by atoms with E-state index in [-0.39, 0.29) is 52.1 Å². The molecule has 0 aliphatic carbocycles. The molecule has 2 aromatic heterocycles. The summed E-state index contributed by atoms with van der Waals surface area (Å²) in [5.74, 6) is 1.35. The number of aromatic hydroxyl groups is 1. The number of rotatable bonds is 5. The lowest BCUT2D eigenvalue weighted by Gasteiger charge is -2.32. The molecule has 2 aromatic carbocycles. The maximum absolute atomic E-state index is 16.7. The first-order chi connectivity index (χ1) is 20.8. The third-order valence-corrected chi connectivity index (χ3v) is 9.65. The number of phenols is 1. The Bertz CT molecular complexity index is 1850. The molecule has 4 atom stereocenters. The molecular weight excluding hydrogens is 557 g/mol. The number of aromatic nitrogens is 3. The first-order valence-electron chi connectivity index (χ1n) is 14.6. The Morgan fingerprint density at radius 1 is 1.21 bits per heavy atom. The fourth-order valence-electron chi connectivity index (χ4n) is 7.71. The minimum atomic E-state index is -0.912. The Morgan fingerprint density at radius 3 is 2.88 bits per heavy atom. The average molecular weight is 587 g/mol. The van der Waals surface area contributed by atoms with Gasteiger partial charge in [0.2, 0.25) is 0 Å². The van der Waals surface area contributed by atoms with Gasteiger partial charge < -0.3 is 20.1 Å². The first-order valence-corrected chi connectivity index (χ1v) is 14.6. The van der Waals surface area contributed by atoms with Crippen molar-refractivity contribution in [1.29, 1.82) is 0 Å². The van der Waals surface area contributed by atoms with E-state index in [1.54, 1.807) is 0 Å². The van der Waals surface area contributed by atoms with Gasteiger partial charge in [0.05, 0.1) is 16.5 Å². The van der Waals surface area contributed by atoms with Crippen LogP contribution < -0.4 is 15.0 Å². The molecule has 0 spiro atoms. The van der Waals surface area contributed by atoms with Crippen LogP contribution in [-0.2, 0) is 0 Å². The molecule has 2 bridgehead atoms. The third-order valence-electron chi connectivity index (χ3n) is 9.65. The van der Waals surface area contributed by atoms with Crippen LogP contribution >= 0.6 is 0 Å². The first kappa shape index (κ1) is 26.5. The number of ether oxygens (including phenoxy) is 1. The van der Waals surface area contributed by atoms with E-state index >= 15 is 4.39 Å². The van der Waals surface area contributed by atoms with Gasteiger partial charge in [0, 0.05) is 55.3 Å². The van der Waals surface area contributed by atoms with Crippen LogP contribution in [0.2, 0.25) is 0 Å². The summed E-state index contributed by atoms with van der Waals surface area (Å²) >= 11 is 0. The predicted octanol–water partition coefficient (Wildman–Crippen LogP) is 4.32. The zero-order valence-electron chi connectivity index (χ0n) is 23.3. The molecule has 8 nitrogen and oxygen atoms in total. The van der Waals surface area contributed by atoms with Crippen LogP contribution in [0.15, 0.2) is 30.5 Å². The molecule has 0 radical (unpaired) electrons. The second-order valence-electron chi connectivity index (χ2n) is 12.2. The summed E-state index contributed by atoms with van der Waals surface area (Å²) in [6.07, 6.45) is 9.37. The van der Waals surface area contributed by atoms with E-state index in [0.29, 0.717) is 42.1 Å². The highest BCUT2D eigenvalue weighted by Crippen LogP contribution is 2.42. The van der Waals surface area contributed by atoms with Gasteiger partial charge in [-0.25, -0.2) is 13.2 Å². The van der Waals surface area contributed by atoms with Gasteiger partial charge in [0.1, 0.15) is 41.4 Å². The molecule has 4 saturated heterocycles. The quantitative estimate of drug-likeness (QED) is 0.335. The van der Waals surface area contributed by atoms with E-state index in [1.165, 1.54) is 30.5 Å². The maximum Gasteiger partial charge on any atom is 0.319 e. The summed E-state index contributed by atoms with van der Waals surface area (Å²) in [6, 6.07) is 5.96. The van der Waals surface area contributed by atoms with Gasteiger partial charge in [-0.1, -0.05) is 12.0 Å². The van der Waals surface area contributed by atoms with Crippen LogP contribution in [0.3, 0.4) is 0 Å². The van der Waals surface area contributed by atoms with Gasteiger partial charge in [-0.15, -0.1) is 6.42 Å². The topological polar surface area (TPSA) is 86.6 Å². The van der Waals surface area contributed by atoms with Crippen molar-refractivity contribution in [3.63, 3.8) is 0 Å². The molecule has 220 valence electrons. The highest BCUT2D eigenvalue weighted by atomic mass is 19.1. The van der Waals surface area contributed by atoms with Crippen LogP contribution in [0.1, 0.15) is 31.2 Å². The highest BCUT2D eigenvalue weighted by molar-refractivity contribution is 6.03. The molecule has 43 heavy (non-hydrogen) atoms. The minimum Gasteiger partial charge on any atom is -0.508 e. The second-order valence-corrected chi connectivity index (χ2v) is 12.2. The number of nitrogens with zero attached hydrogens (tertiary/aromatic N) is 5. The van der Waals surface area contributed by atoms with Crippen LogP contribution in [-0.4, -0.2) is 81.5 Å². The average Bonchev–Trinajstić information content (AvgIpc) is 3.77. The summed E-state index contributed by atoms with van der Waals surface area (Å²) in [6.45, 7) is 2.89. The maximum atomic E-state index is 16.7. The van der Waals surface area contributed by atoms with Crippen LogP contribution in [0.4, 0.5) is 19.0 Å². The molecule has 4 aliphatic rings. The number of fused-ring (bicyclic) bond motifs is 5. The fourth-order valence-corrected chi connectivity index (χ4v) is 7.71. The Morgan fingerprint density at radius 2 is 2.09 bits per heavy atom. The van der Waals surface area contributed by atoms with Crippen molar-refractivity contribution in [2.45, 2.75) is 49.5 Å². The molecule has 4 aromatic rings. The zero-order chi connectivity index (χ0) is 29.5. The van der Waals surface area contributed by atoms with Crippen molar-refractivity contribution < 1.29 is 23.0 Å². The summed E-state index contributed by atoms with van der Waals surface area (Å²) < 4.78 is 52.0. The van der Waals surface area contributed by atoms with Crippen LogP contribution in [0, 0.1) is 24.0 Å². The van der Waals surface area contributed by atoms with E-state index in [0.717, 1.165) is 32.4 Å². The molecule has 0 amide bonds. The molecule has 0 unspecified atom stereocenters. The number of anilines is 1. The number of hydrogen-bond donors (Lipinski definition) is 2. The molecule has 4 fully saturated rings. The SMILES string of the molecule is C#Cc1c(F)ccc2cc(O)cc(-c3ncc4c(N5C[C@@H]6C[C@H]5CN6)nc(OC[C@@]56CCCN5C[C@H](F)C6)nc4c3F)c12. The Balaban J connectivity index is 1.28. The van der Waals surface area contributed by atoms with Crippen LogP contribution in [0.5, 0.6) is 11.8 Å². The second kappa shape index (κ2) is 9.69. The lowest BCUT2D eigenvalue weighted by Crippen LogP contribution is -2.44. The molecule has 2 N–H and O–H groups in total. The smallest absolute Gasteiger partial charge is 0.319 e. The predicted molar refractivity (Wildman–Crippen MR) is 156 cm³/mol. The lowest BCUT2D eigenvalue weighted by molar-refractivity contribution is 0.107. The number of terminal acetylenes is 1. The summed E-state index contributed by atoms with van der Waals surface area (Å²) in [4.78, 5) is 18.0. The number of hydrogen-bond acceptors (Lipinski definition) is 8. The number of nitrogens with one attached hydrogen (secondary N) is 1.